The number of nitrogens with zero attached hydrogens (tertiary/aromatic N) is 3. The maximum absolute atomic E-state index is 13.4. The second kappa shape index (κ2) is 6.84. The van der Waals surface area contributed by atoms with Crippen molar-refractivity contribution in [1.29, 1.82) is 5.26 Å². The maximum Gasteiger partial charge on any atom is 0.245 e. The summed E-state index contributed by atoms with van der Waals surface area (Å²) in [6, 6.07) is 18.7. The highest BCUT2D eigenvalue weighted by Crippen LogP contribution is 2.40. The summed E-state index contributed by atoms with van der Waals surface area (Å²) in [7, 11) is -3.68. The fourth-order valence-electron chi connectivity index (χ4n) is 3.93. The predicted octanol–water partition coefficient (Wildman–Crippen LogP) is 3.40. The first-order valence-corrected chi connectivity index (χ1v) is 10.5. The fraction of sp³-hybridized carbons (Fsp3) is 0.286. The lowest BCUT2D eigenvalue weighted by Crippen LogP contribution is -2.51. The minimum Gasteiger partial charge on any atom is -0.356 e. The minimum atomic E-state index is -3.68. The van der Waals surface area contributed by atoms with Gasteiger partial charge in [0.05, 0.1) is 28.7 Å². The van der Waals surface area contributed by atoms with Crippen molar-refractivity contribution in [2.24, 2.45) is 0 Å². The third kappa shape index (κ3) is 3.14. The molecule has 2 aromatic rings. The van der Waals surface area contributed by atoms with Crippen LogP contribution >= 0.6 is 0 Å². The van der Waals surface area contributed by atoms with Gasteiger partial charge in [0.1, 0.15) is 0 Å². The van der Waals surface area contributed by atoms with Crippen LogP contribution in [0.3, 0.4) is 0 Å². The normalized spacial score (nSPS) is 22.4. The topological polar surface area (TPSA) is 64.4 Å². The lowest BCUT2D eigenvalue weighted by Gasteiger charge is -2.40. The molecule has 2 aliphatic rings. The van der Waals surface area contributed by atoms with Gasteiger partial charge in [0, 0.05) is 12.7 Å². The van der Waals surface area contributed by atoms with Crippen molar-refractivity contribution in [3.63, 3.8) is 0 Å². The Kier molecular flexibility index (Phi) is 4.50. The van der Waals surface area contributed by atoms with E-state index in [4.69, 9.17) is 0 Å². The molecule has 5 nitrogen and oxygen atoms in total. The van der Waals surface area contributed by atoms with Gasteiger partial charge in [0.2, 0.25) is 10.0 Å². The molecular weight excluding hydrogens is 358 g/mol. The van der Waals surface area contributed by atoms with E-state index in [1.807, 2.05) is 60.5 Å². The quantitative estimate of drug-likeness (QED) is 0.817. The molecule has 0 N–H and O–H groups in total. The van der Waals surface area contributed by atoms with Crippen LogP contribution in [-0.2, 0) is 16.6 Å². The maximum atomic E-state index is 13.4. The number of rotatable bonds is 4. The third-order valence-electron chi connectivity index (χ3n) is 5.28. The molecule has 0 spiro atoms. The van der Waals surface area contributed by atoms with Crippen molar-refractivity contribution in [2.75, 3.05) is 0 Å². The number of hydrogen-bond donors (Lipinski definition) is 0. The Bertz CT molecular complexity index is 1010. The van der Waals surface area contributed by atoms with Crippen molar-refractivity contribution >= 4 is 10.0 Å². The molecule has 0 aromatic heterocycles. The van der Waals surface area contributed by atoms with Gasteiger partial charge in [0.15, 0.2) is 0 Å². The van der Waals surface area contributed by atoms with Crippen LogP contribution < -0.4 is 0 Å². The molecule has 2 aliphatic heterocycles. The number of nitriles is 1. The first kappa shape index (κ1) is 17.8. The van der Waals surface area contributed by atoms with Gasteiger partial charge in [-0.05, 0) is 37.5 Å². The molecule has 2 bridgehead atoms. The van der Waals surface area contributed by atoms with Crippen LogP contribution in [0, 0.1) is 18.3 Å². The molecule has 2 aromatic carbocycles. The summed E-state index contributed by atoms with van der Waals surface area (Å²) >= 11 is 0. The summed E-state index contributed by atoms with van der Waals surface area (Å²) in [5.41, 5.74) is 2.61. The molecule has 2 heterocycles. The number of fused-ring (bicyclic) bond motifs is 2. The smallest absolute Gasteiger partial charge is 0.245 e. The zero-order valence-electron chi connectivity index (χ0n) is 15.1. The molecular formula is C21H21N3O2S. The summed E-state index contributed by atoms with van der Waals surface area (Å²) < 4.78 is 28.3. The molecule has 138 valence electrons. The van der Waals surface area contributed by atoms with Gasteiger partial charge in [-0.2, -0.15) is 9.57 Å². The lowest BCUT2D eigenvalue weighted by molar-refractivity contribution is 0.147. The van der Waals surface area contributed by atoms with Gasteiger partial charge in [-0.3, -0.25) is 0 Å². The van der Waals surface area contributed by atoms with Crippen LogP contribution in [0.1, 0.15) is 24.0 Å². The summed E-state index contributed by atoms with van der Waals surface area (Å²) in [5.74, 6) is 0. The number of sulfonamides is 1. The molecule has 2 atom stereocenters. The molecule has 0 saturated carbocycles. The average molecular weight is 379 g/mol. The molecule has 6 heteroatoms. The largest absolute Gasteiger partial charge is 0.356 e. The zero-order chi connectivity index (χ0) is 19.0. The Morgan fingerprint density at radius 2 is 1.78 bits per heavy atom. The Balaban J connectivity index is 1.72. The van der Waals surface area contributed by atoms with E-state index in [0.29, 0.717) is 25.0 Å². The third-order valence-corrected chi connectivity index (χ3v) is 7.20. The molecule has 2 unspecified atom stereocenters. The van der Waals surface area contributed by atoms with Gasteiger partial charge in [-0.1, -0.05) is 48.0 Å². The van der Waals surface area contributed by atoms with Crippen molar-refractivity contribution in [1.82, 2.24) is 9.21 Å². The summed E-state index contributed by atoms with van der Waals surface area (Å²) in [5, 5.41) is 9.62. The van der Waals surface area contributed by atoms with Crippen LogP contribution in [-0.4, -0.2) is 29.8 Å². The Hall–Kier alpha value is -2.62. The average Bonchev–Trinajstić information content (AvgIpc) is 3.05. The highest BCUT2D eigenvalue weighted by molar-refractivity contribution is 7.89. The van der Waals surface area contributed by atoms with Crippen molar-refractivity contribution in [3.05, 3.63) is 77.5 Å². The first-order chi connectivity index (χ1) is 13.0. The monoisotopic (exact) mass is 379 g/mol. The second-order valence-corrected chi connectivity index (χ2v) is 8.92. The predicted molar refractivity (Wildman–Crippen MR) is 103 cm³/mol. The van der Waals surface area contributed by atoms with E-state index < -0.39 is 10.0 Å². The van der Waals surface area contributed by atoms with Crippen LogP contribution in [0.15, 0.2) is 71.3 Å². The van der Waals surface area contributed by atoms with Crippen molar-refractivity contribution in [3.8, 4) is 6.07 Å². The number of hydrogen-bond acceptors (Lipinski definition) is 4. The van der Waals surface area contributed by atoms with E-state index in [1.54, 1.807) is 16.4 Å². The molecule has 4 rings (SSSR count). The summed E-state index contributed by atoms with van der Waals surface area (Å²) in [6.07, 6.45) is 2.96. The number of benzene rings is 2. The number of aryl methyl sites for hydroxylation is 1. The fourth-order valence-corrected chi connectivity index (χ4v) is 5.76. The van der Waals surface area contributed by atoms with Crippen molar-refractivity contribution < 1.29 is 8.42 Å². The highest BCUT2D eigenvalue weighted by Gasteiger charge is 2.48. The molecule has 27 heavy (non-hydrogen) atoms. The van der Waals surface area contributed by atoms with Crippen LogP contribution in [0.4, 0.5) is 0 Å². The van der Waals surface area contributed by atoms with Crippen molar-refractivity contribution in [2.45, 2.75) is 43.4 Å². The summed E-state index contributed by atoms with van der Waals surface area (Å²) in [6.45, 7) is 2.50. The van der Waals surface area contributed by atoms with Crippen LogP contribution in [0.25, 0.3) is 0 Å². The van der Waals surface area contributed by atoms with E-state index >= 15 is 0 Å². The molecule has 1 saturated heterocycles. The van der Waals surface area contributed by atoms with E-state index in [1.165, 1.54) is 0 Å². The zero-order valence-corrected chi connectivity index (χ0v) is 15.9. The van der Waals surface area contributed by atoms with Crippen LogP contribution in [0.5, 0.6) is 0 Å². The summed E-state index contributed by atoms with van der Waals surface area (Å²) in [4.78, 5) is 2.27. The van der Waals surface area contributed by atoms with Gasteiger partial charge < -0.3 is 4.90 Å². The Morgan fingerprint density at radius 3 is 2.44 bits per heavy atom. The Labute approximate surface area is 160 Å². The second-order valence-electron chi connectivity index (χ2n) is 7.08. The molecule has 1 fully saturated rings. The van der Waals surface area contributed by atoms with E-state index in [-0.39, 0.29) is 17.1 Å². The van der Waals surface area contributed by atoms with Gasteiger partial charge in [-0.15, -0.1) is 0 Å². The van der Waals surface area contributed by atoms with E-state index in [9.17, 15) is 13.7 Å². The minimum absolute atomic E-state index is 0.265. The van der Waals surface area contributed by atoms with Gasteiger partial charge in [0.25, 0.3) is 0 Å². The molecule has 0 aliphatic carbocycles. The SMILES string of the molecule is Cc1ccc(S(=O)(=O)N2C3CCC2N(Cc2ccccc2)C=C3C#N)cc1. The van der Waals surface area contributed by atoms with Gasteiger partial charge in [-0.25, -0.2) is 8.42 Å². The first-order valence-electron chi connectivity index (χ1n) is 9.02. The molecule has 0 radical (unpaired) electrons. The highest BCUT2D eigenvalue weighted by atomic mass is 32.2. The standard InChI is InChI=1S/C21H21N3O2S/c1-16-7-9-19(10-8-16)27(25,26)24-20-11-12-21(24)23(15-18(20)13-22)14-17-5-3-2-4-6-17/h2-10,15,20-21H,11-12,14H2,1H3. The van der Waals surface area contributed by atoms with E-state index in [0.717, 1.165) is 11.1 Å². The van der Waals surface area contributed by atoms with Crippen LogP contribution in [0.2, 0.25) is 0 Å². The lowest BCUT2D eigenvalue weighted by atomic mass is 10.1. The Morgan fingerprint density at radius 1 is 1.07 bits per heavy atom. The molecule has 0 amide bonds. The van der Waals surface area contributed by atoms with Gasteiger partial charge >= 0.3 is 0 Å². The van der Waals surface area contributed by atoms with E-state index in [2.05, 4.69) is 6.07 Å².